The van der Waals surface area contributed by atoms with Crippen LogP contribution < -0.4 is 9.62 Å². The van der Waals surface area contributed by atoms with Crippen LogP contribution >= 0.6 is 0 Å². The smallest absolute Gasteiger partial charge is 0.236 e. The van der Waals surface area contributed by atoms with Gasteiger partial charge in [0.25, 0.3) is 0 Å². The van der Waals surface area contributed by atoms with Crippen molar-refractivity contribution in [2.45, 2.75) is 12.2 Å². The quantitative estimate of drug-likeness (QED) is 0.942. The lowest BCUT2D eigenvalue weighted by atomic mass is 10.1. The van der Waals surface area contributed by atoms with Crippen molar-refractivity contribution < 1.29 is 12.8 Å². The molecule has 0 unspecified atom stereocenters. The Kier molecular flexibility index (Phi) is 3.78. The van der Waals surface area contributed by atoms with Gasteiger partial charge in [-0.2, -0.15) is 0 Å². The van der Waals surface area contributed by atoms with Crippen LogP contribution in [0.1, 0.15) is 11.1 Å². The van der Waals surface area contributed by atoms with Gasteiger partial charge in [0.2, 0.25) is 10.0 Å². The standard InChI is InChI=1S/C16H17FN2O2S/c1-19-9-8-13-10-15(6-7-16(13)19)18-22(20,21)11-12-2-4-14(17)5-3-12/h2-7,10,18H,8-9,11H2,1H3. The number of sulfonamides is 1. The second kappa shape index (κ2) is 5.61. The number of hydrogen-bond donors (Lipinski definition) is 1. The number of anilines is 2. The molecule has 1 heterocycles. The summed E-state index contributed by atoms with van der Waals surface area (Å²) in [6.45, 7) is 0.946. The summed E-state index contributed by atoms with van der Waals surface area (Å²) in [5.41, 5.74) is 3.40. The first-order valence-corrected chi connectivity index (χ1v) is 8.67. The molecule has 2 aromatic carbocycles. The van der Waals surface area contributed by atoms with Crippen LogP contribution in [0.4, 0.5) is 15.8 Å². The SMILES string of the molecule is CN1CCc2cc(NS(=O)(=O)Cc3ccc(F)cc3)ccc21. The molecule has 0 aliphatic carbocycles. The molecule has 0 bridgehead atoms. The fraction of sp³-hybridized carbons (Fsp3) is 0.250. The van der Waals surface area contributed by atoms with Crippen molar-refractivity contribution in [1.29, 1.82) is 0 Å². The summed E-state index contributed by atoms with van der Waals surface area (Å²) < 4.78 is 39.8. The van der Waals surface area contributed by atoms with Crippen LogP contribution in [-0.4, -0.2) is 22.0 Å². The highest BCUT2D eigenvalue weighted by atomic mass is 32.2. The summed E-state index contributed by atoms with van der Waals surface area (Å²) in [5.74, 6) is -0.554. The molecule has 1 N–H and O–H groups in total. The van der Waals surface area contributed by atoms with Crippen molar-refractivity contribution in [2.24, 2.45) is 0 Å². The maximum Gasteiger partial charge on any atom is 0.236 e. The van der Waals surface area contributed by atoms with Gasteiger partial charge in [0.1, 0.15) is 5.82 Å². The molecule has 0 amide bonds. The van der Waals surface area contributed by atoms with Gasteiger partial charge >= 0.3 is 0 Å². The molecule has 0 aromatic heterocycles. The third kappa shape index (κ3) is 3.22. The molecule has 0 spiro atoms. The number of hydrogen-bond acceptors (Lipinski definition) is 3. The number of rotatable bonds is 4. The maximum atomic E-state index is 12.9. The van der Waals surface area contributed by atoms with Gasteiger partial charge in [-0.1, -0.05) is 12.1 Å². The molecule has 3 rings (SSSR count). The number of benzene rings is 2. The number of halogens is 1. The summed E-state index contributed by atoms with van der Waals surface area (Å²) in [5, 5.41) is 0. The number of nitrogens with zero attached hydrogens (tertiary/aromatic N) is 1. The average molecular weight is 320 g/mol. The van der Waals surface area contributed by atoms with Crippen LogP contribution in [-0.2, 0) is 22.2 Å². The summed E-state index contributed by atoms with van der Waals surface area (Å²) in [6, 6.07) is 11.0. The van der Waals surface area contributed by atoms with Crippen LogP contribution in [0.5, 0.6) is 0 Å². The molecule has 0 fully saturated rings. The van der Waals surface area contributed by atoms with Crippen molar-refractivity contribution in [3.8, 4) is 0 Å². The minimum atomic E-state index is -3.52. The summed E-state index contributed by atoms with van der Waals surface area (Å²) in [7, 11) is -1.50. The molecule has 116 valence electrons. The lowest BCUT2D eigenvalue weighted by Crippen LogP contribution is -2.15. The lowest BCUT2D eigenvalue weighted by molar-refractivity contribution is 0.600. The van der Waals surface area contributed by atoms with Gasteiger partial charge in [0, 0.05) is 25.0 Å². The van der Waals surface area contributed by atoms with E-state index in [-0.39, 0.29) is 11.6 Å². The van der Waals surface area contributed by atoms with Crippen molar-refractivity contribution in [1.82, 2.24) is 0 Å². The molecule has 0 saturated carbocycles. The van der Waals surface area contributed by atoms with Gasteiger partial charge in [-0.15, -0.1) is 0 Å². The zero-order valence-corrected chi connectivity index (χ0v) is 13.0. The molecule has 0 saturated heterocycles. The number of nitrogens with one attached hydrogen (secondary N) is 1. The Bertz CT molecular complexity index is 788. The van der Waals surface area contributed by atoms with Crippen molar-refractivity contribution in [2.75, 3.05) is 23.2 Å². The van der Waals surface area contributed by atoms with Gasteiger partial charge in [0.15, 0.2) is 0 Å². The minimum Gasteiger partial charge on any atom is -0.374 e. The third-order valence-corrected chi connectivity index (χ3v) is 5.01. The van der Waals surface area contributed by atoms with E-state index in [1.54, 1.807) is 6.07 Å². The summed E-state index contributed by atoms with van der Waals surface area (Å²) in [6.07, 6.45) is 0.916. The highest BCUT2D eigenvalue weighted by Gasteiger charge is 2.17. The van der Waals surface area contributed by atoms with Crippen LogP contribution in [0.15, 0.2) is 42.5 Å². The molecular weight excluding hydrogens is 303 g/mol. The Hall–Kier alpha value is -2.08. The maximum absolute atomic E-state index is 12.9. The second-order valence-corrected chi connectivity index (χ2v) is 7.22. The molecular formula is C16H17FN2O2S. The summed E-state index contributed by atoms with van der Waals surface area (Å²) >= 11 is 0. The van der Waals surface area contributed by atoms with Crippen LogP contribution in [0.2, 0.25) is 0 Å². The Balaban J connectivity index is 1.76. The van der Waals surface area contributed by atoms with Crippen LogP contribution in [0.3, 0.4) is 0 Å². The highest BCUT2D eigenvalue weighted by molar-refractivity contribution is 7.91. The molecule has 1 aliphatic rings. The zero-order chi connectivity index (χ0) is 15.7. The molecule has 0 radical (unpaired) electrons. The first-order chi connectivity index (χ1) is 10.4. The molecule has 6 heteroatoms. The van der Waals surface area contributed by atoms with Crippen molar-refractivity contribution in [3.05, 3.63) is 59.4 Å². The van der Waals surface area contributed by atoms with E-state index in [0.717, 1.165) is 24.2 Å². The molecule has 2 aromatic rings. The molecule has 1 aliphatic heterocycles. The Morgan fingerprint density at radius 1 is 1.18 bits per heavy atom. The number of likely N-dealkylation sites (N-methyl/N-ethyl adjacent to an activating group) is 1. The average Bonchev–Trinajstić information content (AvgIpc) is 2.82. The topological polar surface area (TPSA) is 49.4 Å². The fourth-order valence-corrected chi connectivity index (χ4v) is 3.84. The van der Waals surface area contributed by atoms with Crippen molar-refractivity contribution >= 4 is 21.4 Å². The van der Waals surface area contributed by atoms with E-state index in [4.69, 9.17) is 0 Å². The zero-order valence-electron chi connectivity index (χ0n) is 12.2. The van der Waals surface area contributed by atoms with Crippen LogP contribution in [0, 0.1) is 5.82 Å². The third-order valence-electron chi connectivity index (χ3n) is 3.75. The second-order valence-electron chi connectivity index (χ2n) is 5.50. The minimum absolute atomic E-state index is 0.176. The van der Waals surface area contributed by atoms with Gasteiger partial charge in [-0.25, -0.2) is 12.8 Å². The van der Waals surface area contributed by atoms with E-state index in [2.05, 4.69) is 9.62 Å². The van der Waals surface area contributed by atoms with Crippen LogP contribution in [0.25, 0.3) is 0 Å². The number of fused-ring (bicyclic) bond motifs is 1. The normalized spacial score (nSPS) is 14.0. The summed E-state index contributed by atoms with van der Waals surface area (Å²) in [4.78, 5) is 2.14. The molecule has 4 nitrogen and oxygen atoms in total. The van der Waals surface area contributed by atoms with E-state index in [1.165, 1.54) is 24.3 Å². The van der Waals surface area contributed by atoms with Gasteiger partial charge < -0.3 is 4.90 Å². The predicted molar refractivity (Wildman–Crippen MR) is 86.1 cm³/mol. The van der Waals surface area contributed by atoms with E-state index in [1.807, 2.05) is 19.2 Å². The monoisotopic (exact) mass is 320 g/mol. The Morgan fingerprint density at radius 3 is 2.64 bits per heavy atom. The highest BCUT2D eigenvalue weighted by Crippen LogP contribution is 2.29. The van der Waals surface area contributed by atoms with E-state index in [9.17, 15) is 12.8 Å². The van der Waals surface area contributed by atoms with Gasteiger partial charge in [0.05, 0.1) is 5.75 Å². The van der Waals surface area contributed by atoms with Gasteiger partial charge in [-0.3, -0.25) is 4.72 Å². The lowest BCUT2D eigenvalue weighted by Gasteiger charge is -2.13. The van der Waals surface area contributed by atoms with E-state index >= 15 is 0 Å². The largest absolute Gasteiger partial charge is 0.374 e. The predicted octanol–water partition coefficient (Wildman–Crippen LogP) is 2.76. The Labute approximate surface area is 129 Å². The van der Waals surface area contributed by atoms with E-state index < -0.39 is 10.0 Å². The van der Waals surface area contributed by atoms with Crippen molar-refractivity contribution in [3.63, 3.8) is 0 Å². The fourth-order valence-electron chi connectivity index (χ4n) is 2.65. The molecule has 22 heavy (non-hydrogen) atoms. The first-order valence-electron chi connectivity index (χ1n) is 7.02. The first kappa shape index (κ1) is 14.8. The molecule has 0 atom stereocenters. The van der Waals surface area contributed by atoms with Gasteiger partial charge in [-0.05, 0) is 47.9 Å². The Morgan fingerprint density at radius 2 is 1.91 bits per heavy atom. The van der Waals surface area contributed by atoms with E-state index in [0.29, 0.717) is 11.3 Å².